The van der Waals surface area contributed by atoms with E-state index in [1.807, 2.05) is 13.8 Å². The molecule has 0 amide bonds. The molecule has 15 heteroatoms. The third-order valence-corrected chi connectivity index (χ3v) is 6.75. The van der Waals surface area contributed by atoms with Gasteiger partial charge in [-0.25, -0.2) is 22.9 Å². The number of nitriles is 1. The number of fused-ring (bicyclic) bond motifs is 1. The zero-order valence-electron chi connectivity index (χ0n) is 21.4. The van der Waals surface area contributed by atoms with E-state index < -0.39 is 15.6 Å². The lowest BCUT2D eigenvalue weighted by molar-refractivity contribution is 0.374. The van der Waals surface area contributed by atoms with Crippen LogP contribution in [0.5, 0.6) is 17.2 Å². The zero-order valence-corrected chi connectivity index (χ0v) is 23.0. The van der Waals surface area contributed by atoms with Gasteiger partial charge < -0.3 is 14.2 Å². The van der Waals surface area contributed by atoms with Crippen molar-refractivity contribution in [1.29, 1.82) is 5.26 Å². The van der Waals surface area contributed by atoms with Crippen LogP contribution in [0.3, 0.4) is 0 Å². The Morgan fingerprint density at radius 1 is 1.13 bits per heavy atom. The number of rotatable bonds is 8. The van der Waals surface area contributed by atoms with Gasteiger partial charge in [-0.1, -0.05) is 13.8 Å². The predicted molar refractivity (Wildman–Crippen MR) is 143 cm³/mol. The molecular weight excluding hydrogens is 534 g/mol. The van der Waals surface area contributed by atoms with Crippen LogP contribution in [0.25, 0.3) is 22.3 Å². The van der Waals surface area contributed by atoms with E-state index >= 15 is 0 Å². The van der Waals surface area contributed by atoms with Crippen LogP contribution in [0.1, 0.15) is 25.2 Å². The number of anilines is 1. The van der Waals surface area contributed by atoms with E-state index in [-0.39, 0.29) is 16.9 Å². The normalized spacial score (nSPS) is 11.1. The first-order valence-electron chi connectivity index (χ1n) is 11.1. The number of methoxy groups -OCH3 is 3. The molecule has 13 nitrogen and oxygen atoms in total. The van der Waals surface area contributed by atoms with Crippen molar-refractivity contribution in [1.82, 2.24) is 23.5 Å². The summed E-state index contributed by atoms with van der Waals surface area (Å²) < 4.78 is 49.7. The number of hydrogen-bond donors (Lipinski definition) is 1. The lowest BCUT2D eigenvalue weighted by atomic mass is 10.1. The Balaban J connectivity index is 0.00000195. The summed E-state index contributed by atoms with van der Waals surface area (Å²) in [6, 6.07) is 3.18. The largest absolute Gasteiger partial charge is 0.496 e. The predicted octanol–water partition coefficient (Wildman–Crippen LogP) is 3.12. The van der Waals surface area contributed by atoms with Crippen LogP contribution in [0.15, 0.2) is 34.7 Å². The van der Waals surface area contributed by atoms with Gasteiger partial charge in [-0.05, 0) is 24.5 Å². The zero-order chi connectivity index (χ0) is 28.0. The molecule has 0 bridgehead atoms. The van der Waals surface area contributed by atoms with Gasteiger partial charge >= 0.3 is 0 Å². The molecule has 0 fully saturated rings. The summed E-state index contributed by atoms with van der Waals surface area (Å²) in [5.74, 6) is 1.62. The number of sulfonamides is 1. The quantitative estimate of drug-likeness (QED) is 0.339. The van der Waals surface area contributed by atoms with Crippen molar-refractivity contribution in [2.75, 3.05) is 26.1 Å². The highest BCUT2D eigenvalue weighted by Gasteiger charge is 2.21. The SMILES string of the molecule is CC.COc1cc(OC)c(/C=C/S(=O)(=O)Nc2cnc3c(-c4nc(C)ns4)c(=O)n(C#N)n3c2)c(OC)c1. The summed E-state index contributed by atoms with van der Waals surface area (Å²) in [7, 11) is 0.294. The first-order valence-corrected chi connectivity index (χ1v) is 13.4. The third kappa shape index (κ3) is 5.61. The van der Waals surface area contributed by atoms with Gasteiger partial charge in [-0.15, -0.1) is 4.68 Å². The molecule has 200 valence electrons. The molecule has 0 aliphatic carbocycles. The molecule has 4 rings (SSSR count). The van der Waals surface area contributed by atoms with Gasteiger partial charge in [-0.3, -0.25) is 9.52 Å². The smallest absolute Gasteiger partial charge is 0.293 e. The molecule has 4 aromatic rings. The Kier molecular flexibility index (Phi) is 8.71. The van der Waals surface area contributed by atoms with E-state index in [9.17, 15) is 18.5 Å². The lowest BCUT2D eigenvalue weighted by Crippen LogP contribution is -2.16. The van der Waals surface area contributed by atoms with E-state index in [2.05, 4.69) is 19.1 Å². The Labute approximate surface area is 222 Å². The van der Waals surface area contributed by atoms with E-state index in [4.69, 9.17) is 14.2 Å². The summed E-state index contributed by atoms with van der Waals surface area (Å²) in [6.45, 7) is 5.67. The summed E-state index contributed by atoms with van der Waals surface area (Å²) in [5, 5.41) is 10.7. The number of nitrogens with zero attached hydrogens (tertiary/aromatic N) is 6. The number of hydrogen-bond acceptors (Lipinski definition) is 11. The number of ether oxygens (including phenoxy) is 3. The minimum atomic E-state index is -4.06. The highest BCUT2D eigenvalue weighted by atomic mass is 32.2. The van der Waals surface area contributed by atoms with Crippen molar-refractivity contribution in [3.63, 3.8) is 0 Å². The Morgan fingerprint density at radius 2 is 1.79 bits per heavy atom. The molecule has 38 heavy (non-hydrogen) atoms. The molecule has 0 saturated carbocycles. The summed E-state index contributed by atoms with van der Waals surface area (Å²) >= 11 is 0.996. The number of benzene rings is 1. The molecule has 0 spiro atoms. The second-order valence-corrected chi connectivity index (χ2v) is 9.46. The van der Waals surface area contributed by atoms with Crippen LogP contribution in [0.4, 0.5) is 5.69 Å². The highest BCUT2D eigenvalue weighted by Crippen LogP contribution is 2.35. The fraction of sp³-hybridized carbons (Fsp3) is 0.261. The number of nitrogens with one attached hydrogen (secondary N) is 1. The molecule has 0 unspecified atom stereocenters. The van der Waals surface area contributed by atoms with E-state index in [1.54, 1.807) is 25.2 Å². The van der Waals surface area contributed by atoms with Gasteiger partial charge in [0.2, 0.25) is 6.19 Å². The molecule has 1 N–H and O–H groups in total. The monoisotopic (exact) mass is 559 g/mol. The van der Waals surface area contributed by atoms with Gasteiger partial charge in [0, 0.05) is 12.1 Å². The molecule has 3 heterocycles. The molecule has 0 atom stereocenters. The van der Waals surface area contributed by atoms with E-state index in [1.165, 1.54) is 39.8 Å². The van der Waals surface area contributed by atoms with Gasteiger partial charge in [0.25, 0.3) is 15.6 Å². The lowest BCUT2D eigenvalue weighted by Gasteiger charge is -2.12. The maximum atomic E-state index is 12.8. The maximum absolute atomic E-state index is 12.8. The van der Waals surface area contributed by atoms with Gasteiger partial charge in [0.15, 0.2) is 10.7 Å². The molecule has 0 aliphatic heterocycles. The summed E-state index contributed by atoms with van der Waals surface area (Å²) in [5.41, 5.74) is -0.0425. The van der Waals surface area contributed by atoms with Crippen LogP contribution < -0.4 is 24.5 Å². The third-order valence-electron chi connectivity index (χ3n) is 4.91. The minimum Gasteiger partial charge on any atom is -0.496 e. The average molecular weight is 560 g/mol. The first kappa shape index (κ1) is 28.2. The van der Waals surface area contributed by atoms with Crippen molar-refractivity contribution in [2.45, 2.75) is 20.8 Å². The van der Waals surface area contributed by atoms with Crippen LogP contribution >= 0.6 is 11.5 Å². The fourth-order valence-electron chi connectivity index (χ4n) is 3.33. The molecular formula is C23H25N7O6S2. The van der Waals surface area contributed by atoms with Crippen molar-refractivity contribution in [3.05, 3.63) is 51.7 Å². The van der Waals surface area contributed by atoms with E-state index in [0.717, 1.165) is 26.1 Å². The molecule has 3 aromatic heterocycles. The second-order valence-electron chi connectivity index (χ2n) is 7.14. The summed E-state index contributed by atoms with van der Waals surface area (Å²) in [6.07, 6.45) is 5.57. The number of aromatic nitrogens is 5. The first-order chi connectivity index (χ1) is 18.2. The van der Waals surface area contributed by atoms with Gasteiger partial charge in [0.05, 0.1) is 50.4 Å². The molecule has 0 aliphatic rings. The van der Waals surface area contributed by atoms with Gasteiger partial charge in [-0.2, -0.15) is 9.64 Å². The van der Waals surface area contributed by atoms with Gasteiger partial charge in [0.1, 0.15) is 28.6 Å². The van der Waals surface area contributed by atoms with Crippen molar-refractivity contribution >= 4 is 39.0 Å². The maximum Gasteiger partial charge on any atom is 0.293 e. The number of aryl methyl sites for hydroxylation is 1. The van der Waals surface area contributed by atoms with Crippen LogP contribution in [-0.4, -0.2) is 53.3 Å². The van der Waals surface area contributed by atoms with Crippen LogP contribution in [-0.2, 0) is 10.0 Å². The van der Waals surface area contributed by atoms with Crippen LogP contribution in [0.2, 0.25) is 0 Å². The minimum absolute atomic E-state index is 0.0137. The van der Waals surface area contributed by atoms with E-state index in [0.29, 0.717) is 33.6 Å². The molecule has 0 saturated heterocycles. The highest BCUT2D eigenvalue weighted by molar-refractivity contribution is 7.95. The van der Waals surface area contributed by atoms with Crippen molar-refractivity contribution in [2.24, 2.45) is 0 Å². The topological polar surface area (TPSA) is 163 Å². The Morgan fingerprint density at radius 3 is 2.32 bits per heavy atom. The van der Waals surface area contributed by atoms with Crippen molar-refractivity contribution < 1.29 is 22.6 Å². The average Bonchev–Trinajstić information content (AvgIpc) is 3.46. The molecule has 0 radical (unpaired) electrons. The van der Waals surface area contributed by atoms with Crippen molar-refractivity contribution in [3.8, 4) is 34.0 Å². The Hall–Kier alpha value is -4.42. The standard InChI is InChI=1S/C21H19N7O6S2.C2H6/c1-12-24-20(35-25-12)18-19-23-9-13(10-27(19)28(11-22)21(18)29)26-36(30,31)6-5-15-16(33-3)7-14(32-2)8-17(15)34-4;1-2/h5-10,26H,1-4H3;1-2H3/b6-5+;. The second kappa shape index (κ2) is 11.8. The summed E-state index contributed by atoms with van der Waals surface area (Å²) in [4.78, 5) is 21.2. The molecule has 1 aromatic carbocycles. The fourth-order valence-corrected chi connectivity index (χ4v) is 4.85. The van der Waals surface area contributed by atoms with Crippen LogP contribution in [0, 0.1) is 18.4 Å². The Bertz CT molecular complexity index is 1670.